The normalized spacial score (nSPS) is 21.7. The Morgan fingerprint density at radius 3 is 3.00 bits per heavy atom. The number of hydrogen-bond acceptors (Lipinski definition) is 6. The van der Waals surface area contributed by atoms with Crippen molar-refractivity contribution in [1.82, 2.24) is 15.5 Å². The van der Waals surface area contributed by atoms with E-state index in [1.165, 1.54) is 13.2 Å². The van der Waals surface area contributed by atoms with Crippen LogP contribution < -0.4 is 10.1 Å². The molecule has 1 N–H and O–H groups in total. The van der Waals surface area contributed by atoms with E-state index in [1.54, 1.807) is 12.1 Å². The van der Waals surface area contributed by atoms with Gasteiger partial charge in [-0.15, -0.1) is 0 Å². The lowest BCUT2D eigenvalue weighted by atomic mass is 10.0. The Kier molecular flexibility index (Phi) is 3.85. The molecule has 2 heterocycles. The van der Waals surface area contributed by atoms with Crippen LogP contribution in [0.15, 0.2) is 22.7 Å². The van der Waals surface area contributed by atoms with Crippen LogP contribution in [0.2, 0.25) is 0 Å². The summed E-state index contributed by atoms with van der Waals surface area (Å²) >= 11 is 0. The number of nitrogens with zero attached hydrogens (tertiary/aromatic N) is 2. The van der Waals surface area contributed by atoms with Crippen LogP contribution >= 0.6 is 0 Å². The molecule has 1 aliphatic rings. The third-order valence-corrected chi connectivity index (χ3v) is 3.62. The van der Waals surface area contributed by atoms with Gasteiger partial charge in [0.25, 0.3) is 0 Å². The van der Waals surface area contributed by atoms with Crippen LogP contribution in [0.5, 0.6) is 5.75 Å². The van der Waals surface area contributed by atoms with Crippen LogP contribution in [0, 0.1) is 5.82 Å². The molecule has 1 saturated heterocycles. The Morgan fingerprint density at radius 2 is 2.24 bits per heavy atom. The average molecular weight is 293 g/mol. The van der Waals surface area contributed by atoms with E-state index < -0.39 is 5.82 Å². The van der Waals surface area contributed by atoms with E-state index in [1.807, 2.05) is 7.05 Å². The highest BCUT2D eigenvalue weighted by Crippen LogP contribution is 2.28. The van der Waals surface area contributed by atoms with Gasteiger partial charge in [0.05, 0.1) is 26.2 Å². The Morgan fingerprint density at radius 1 is 1.38 bits per heavy atom. The van der Waals surface area contributed by atoms with Crippen molar-refractivity contribution in [2.75, 3.05) is 27.4 Å². The first-order chi connectivity index (χ1) is 10.2. The zero-order chi connectivity index (χ0) is 14.8. The molecule has 2 atom stereocenters. The lowest BCUT2D eigenvalue weighted by Crippen LogP contribution is -2.31. The Balaban J connectivity index is 1.88. The number of benzene rings is 1. The summed E-state index contributed by atoms with van der Waals surface area (Å²) in [4.78, 5) is 4.39. The van der Waals surface area contributed by atoms with Gasteiger partial charge in [-0.05, 0) is 25.2 Å². The number of methoxy groups -OCH3 is 1. The number of hydrogen-bond donors (Lipinski definition) is 1. The van der Waals surface area contributed by atoms with Crippen LogP contribution in [0.25, 0.3) is 11.4 Å². The van der Waals surface area contributed by atoms with Crippen molar-refractivity contribution in [3.05, 3.63) is 29.9 Å². The van der Waals surface area contributed by atoms with Crippen LogP contribution in [0.3, 0.4) is 0 Å². The van der Waals surface area contributed by atoms with Crippen LogP contribution in [0.1, 0.15) is 11.8 Å². The monoisotopic (exact) mass is 293 g/mol. The Bertz CT molecular complexity index is 632. The predicted octanol–water partition coefficient (Wildman–Crippen LogP) is 1.59. The highest BCUT2D eigenvalue weighted by atomic mass is 19.1. The average Bonchev–Trinajstić information content (AvgIpc) is 3.16. The molecule has 3 rings (SSSR count). The number of likely N-dealkylation sites (N-methyl/N-ethyl adjacent to an activating group) is 1. The highest BCUT2D eigenvalue weighted by molar-refractivity contribution is 5.57. The fourth-order valence-electron chi connectivity index (χ4n) is 2.38. The van der Waals surface area contributed by atoms with Gasteiger partial charge in [-0.25, -0.2) is 4.39 Å². The molecule has 0 aliphatic carbocycles. The van der Waals surface area contributed by atoms with Gasteiger partial charge in [-0.2, -0.15) is 4.98 Å². The first kappa shape index (κ1) is 14.0. The maximum absolute atomic E-state index is 13.4. The molecular formula is C14H16FN3O3. The van der Waals surface area contributed by atoms with Crippen LogP contribution in [0.4, 0.5) is 4.39 Å². The molecule has 1 aliphatic heterocycles. The Labute approximate surface area is 121 Å². The summed E-state index contributed by atoms with van der Waals surface area (Å²) in [5.41, 5.74) is 0.642. The van der Waals surface area contributed by atoms with E-state index in [9.17, 15) is 4.39 Å². The van der Waals surface area contributed by atoms with Crippen molar-refractivity contribution < 1.29 is 18.4 Å². The topological polar surface area (TPSA) is 69.4 Å². The SMILES string of the molecule is CNC1COCC1c1nc(-c2ccc(F)c(OC)c2)no1. The van der Waals surface area contributed by atoms with Crippen LogP contribution in [-0.2, 0) is 4.74 Å². The fraction of sp³-hybridized carbons (Fsp3) is 0.429. The lowest BCUT2D eigenvalue weighted by molar-refractivity contribution is 0.185. The van der Waals surface area contributed by atoms with Crippen molar-refractivity contribution >= 4 is 0 Å². The second-order valence-corrected chi connectivity index (χ2v) is 4.84. The molecule has 0 bridgehead atoms. The second-order valence-electron chi connectivity index (χ2n) is 4.84. The molecule has 21 heavy (non-hydrogen) atoms. The van der Waals surface area contributed by atoms with E-state index in [4.69, 9.17) is 14.0 Å². The van der Waals surface area contributed by atoms with Gasteiger partial charge >= 0.3 is 0 Å². The number of nitrogens with one attached hydrogen (secondary N) is 1. The zero-order valence-corrected chi connectivity index (χ0v) is 11.8. The first-order valence-electron chi connectivity index (χ1n) is 6.65. The largest absolute Gasteiger partial charge is 0.494 e. The standard InChI is InChI=1S/C14H16FN3O3/c1-16-11-7-20-6-9(11)14-17-13(18-21-14)8-3-4-10(15)12(5-8)19-2/h3-5,9,11,16H,6-7H2,1-2H3. The summed E-state index contributed by atoms with van der Waals surface area (Å²) in [5, 5.41) is 7.12. The molecule has 0 radical (unpaired) electrons. The maximum atomic E-state index is 13.4. The van der Waals surface area contributed by atoms with Crippen molar-refractivity contribution in [2.45, 2.75) is 12.0 Å². The van der Waals surface area contributed by atoms with Gasteiger partial charge in [0.2, 0.25) is 11.7 Å². The zero-order valence-electron chi connectivity index (χ0n) is 11.8. The highest BCUT2D eigenvalue weighted by Gasteiger charge is 2.33. The summed E-state index contributed by atoms with van der Waals surface area (Å²) in [5.74, 6) is 0.675. The van der Waals surface area contributed by atoms with E-state index in [2.05, 4.69) is 15.5 Å². The summed E-state index contributed by atoms with van der Waals surface area (Å²) in [6.45, 7) is 1.16. The molecule has 0 spiro atoms. The minimum atomic E-state index is -0.426. The van der Waals surface area contributed by atoms with Crippen molar-refractivity contribution in [3.8, 4) is 17.1 Å². The molecule has 1 fully saturated rings. The number of ether oxygens (including phenoxy) is 2. The quantitative estimate of drug-likeness (QED) is 0.923. The molecule has 0 saturated carbocycles. The summed E-state index contributed by atoms with van der Waals surface area (Å²) in [7, 11) is 3.28. The van der Waals surface area contributed by atoms with Gasteiger partial charge < -0.3 is 19.3 Å². The smallest absolute Gasteiger partial charge is 0.234 e. The third kappa shape index (κ3) is 2.62. The van der Waals surface area contributed by atoms with E-state index >= 15 is 0 Å². The van der Waals surface area contributed by atoms with Gasteiger partial charge in [-0.3, -0.25) is 0 Å². The number of halogens is 1. The molecule has 7 heteroatoms. The molecular weight excluding hydrogens is 277 g/mol. The summed E-state index contributed by atoms with van der Waals surface area (Å²) in [6, 6.07) is 4.61. The maximum Gasteiger partial charge on any atom is 0.234 e. The summed E-state index contributed by atoms with van der Waals surface area (Å²) < 4.78 is 29.1. The third-order valence-electron chi connectivity index (χ3n) is 3.62. The number of rotatable bonds is 4. The van der Waals surface area contributed by atoms with Crippen LogP contribution in [-0.4, -0.2) is 43.6 Å². The molecule has 1 aromatic carbocycles. The van der Waals surface area contributed by atoms with E-state index in [0.29, 0.717) is 30.5 Å². The second kappa shape index (κ2) is 5.79. The van der Waals surface area contributed by atoms with Gasteiger partial charge in [0, 0.05) is 11.6 Å². The number of aromatic nitrogens is 2. The molecule has 2 unspecified atom stereocenters. The summed E-state index contributed by atoms with van der Waals surface area (Å²) in [6.07, 6.45) is 0. The van der Waals surface area contributed by atoms with Gasteiger partial charge in [-0.1, -0.05) is 5.16 Å². The van der Waals surface area contributed by atoms with E-state index in [-0.39, 0.29) is 17.7 Å². The molecule has 112 valence electrons. The fourth-order valence-corrected chi connectivity index (χ4v) is 2.38. The van der Waals surface area contributed by atoms with E-state index in [0.717, 1.165) is 0 Å². The minimum Gasteiger partial charge on any atom is -0.494 e. The lowest BCUT2D eigenvalue weighted by Gasteiger charge is -2.11. The minimum absolute atomic E-state index is 0.0265. The molecule has 1 aromatic heterocycles. The van der Waals surface area contributed by atoms with Gasteiger partial charge in [0.15, 0.2) is 11.6 Å². The van der Waals surface area contributed by atoms with Gasteiger partial charge in [0.1, 0.15) is 0 Å². The van der Waals surface area contributed by atoms with Crippen molar-refractivity contribution in [1.29, 1.82) is 0 Å². The predicted molar refractivity (Wildman–Crippen MR) is 72.7 cm³/mol. The van der Waals surface area contributed by atoms with Crippen molar-refractivity contribution in [2.24, 2.45) is 0 Å². The van der Waals surface area contributed by atoms with Crippen molar-refractivity contribution in [3.63, 3.8) is 0 Å². The first-order valence-corrected chi connectivity index (χ1v) is 6.65. The molecule has 0 amide bonds. The molecule has 2 aromatic rings. The Hall–Kier alpha value is -1.99. The molecule has 6 nitrogen and oxygen atoms in total.